The molecule has 2 aromatic rings. The second kappa shape index (κ2) is 5.25. The molecule has 1 unspecified atom stereocenters. The molecule has 90 valence electrons. The van der Waals surface area contributed by atoms with Crippen LogP contribution < -0.4 is 10.1 Å². The van der Waals surface area contributed by atoms with E-state index in [1.54, 1.807) is 18.4 Å². The van der Waals surface area contributed by atoms with Gasteiger partial charge in [-0.15, -0.1) is 11.3 Å². The lowest BCUT2D eigenvalue weighted by Crippen LogP contribution is -2.18. The Kier molecular flexibility index (Phi) is 3.71. The molecule has 2 heterocycles. The minimum atomic E-state index is 0.0804. The first kappa shape index (κ1) is 12.0. The molecule has 0 aromatic carbocycles. The predicted molar refractivity (Wildman–Crippen MR) is 68.5 cm³/mol. The number of aryl methyl sites for hydroxylation is 1. The maximum Gasteiger partial charge on any atom is 0.216 e. The molecular weight excluding hydrogens is 234 g/mol. The van der Waals surface area contributed by atoms with Crippen molar-refractivity contribution < 1.29 is 4.74 Å². The van der Waals surface area contributed by atoms with Crippen LogP contribution in [0.25, 0.3) is 0 Å². The minimum Gasteiger partial charge on any atom is -0.481 e. The lowest BCUT2D eigenvalue weighted by atomic mass is 10.1. The lowest BCUT2D eigenvalue weighted by molar-refractivity contribution is 0.395. The third kappa shape index (κ3) is 2.62. The number of nitrogens with one attached hydrogen (secondary N) is 1. The highest BCUT2D eigenvalue weighted by Crippen LogP contribution is 2.25. The maximum absolute atomic E-state index is 5.11. The Morgan fingerprint density at radius 2 is 2.18 bits per heavy atom. The summed E-state index contributed by atoms with van der Waals surface area (Å²) >= 11 is 1.74. The molecular formula is C12H15N3OS. The average Bonchev–Trinajstić information content (AvgIpc) is 2.77. The van der Waals surface area contributed by atoms with Crippen molar-refractivity contribution in [2.24, 2.45) is 0 Å². The Balaban J connectivity index is 2.34. The van der Waals surface area contributed by atoms with Gasteiger partial charge in [0, 0.05) is 10.9 Å². The van der Waals surface area contributed by atoms with Gasteiger partial charge < -0.3 is 10.1 Å². The normalized spacial score (nSPS) is 12.4. The molecule has 2 rings (SSSR count). The number of aromatic nitrogens is 2. The number of hydrogen-bond acceptors (Lipinski definition) is 5. The Labute approximate surface area is 105 Å². The van der Waals surface area contributed by atoms with Crippen molar-refractivity contribution in [3.8, 4) is 5.88 Å². The summed E-state index contributed by atoms with van der Waals surface area (Å²) in [6.07, 6.45) is 1.53. The van der Waals surface area contributed by atoms with Gasteiger partial charge in [-0.1, -0.05) is 0 Å². The van der Waals surface area contributed by atoms with Gasteiger partial charge in [0.1, 0.15) is 6.33 Å². The molecule has 5 heteroatoms. The second-order valence-corrected chi connectivity index (χ2v) is 4.81. The van der Waals surface area contributed by atoms with E-state index in [2.05, 4.69) is 33.7 Å². The first-order valence-corrected chi connectivity index (χ1v) is 6.20. The summed E-state index contributed by atoms with van der Waals surface area (Å²) in [7, 11) is 3.53. The average molecular weight is 249 g/mol. The number of rotatable bonds is 4. The van der Waals surface area contributed by atoms with E-state index >= 15 is 0 Å². The van der Waals surface area contributed by atoms with Gasteiger partial charge in [0.15, 0.2) is 0 Å². The van der Waals surface area contributed by atoms with Crippen molar-refractivity contribution >= 4 is 11.3 Å². The van der Waals surface area contributed by atoms with Gasteiger partial charge in [-0.3, -0.25) is 0 Å². The Hall–Kier alpha value is -1.46. The molecule has 17 heavy (non-hydrogen) atoms. The summed E-state index contributed by atoms with van der Waals surface area (Å²) in [5.74, 6) is 0.585. The summed E-state index contributed by atoms with van der Waals surface area (Å²) in [5, 5.41) is 5.40. The summed E-state index contributed by atoms with van der Waals surface area (Å²) in [6.45, 7) is 2.10. The fraction of sp³-hybridized carbons (Fsp3) is 0.333. The standard InChI is InChI=1S/C12H15N3OS/c1-8-4-9(6-17-8)12(13-2)10-5-11(16-3)15-7-14-10/h4-7,12-13H,1-3H3. The molecule has 2 aromatic heterocycles. The van der Waals surface area contributed by atoms with Crippen LogP contribution in [-0.4, -0.2) is 24.1 Å². The van der Waals surface area contributed by atoms with Crippen molar-refractivity contribution in [3.63, 3.8) is 0 Å². The van der Waals surface area contributed by atoms with Gasteiger partial charge in [-0.25, -0.2) is 9.97 Å². The predicted octanol–water partition coefficient (Wildman–Crippen LogP) is 2.16. The van der Waals surface area contributed by atoms with Gasteiger partial charge in [0.05, 0.1) is 18.8 Å². The highest BCUT2D eigenvalue weighted by Gasteiger charge is 2.15. The van der Waals surface area contributed by atoms with Crippen LogP contribution in [0.15, 0.2) is 23.8 Å². The molecule has 4 nitrogen and oxygen atoms in total. The number of ether oxygens (including phenoxy) is 1. The molecule has 0 amide bonds. The number of nitrogens with zero attached hydrogens (tertiary/aromatic N) is 2. The van der Waals surface area contributed by atoms with Crippen LogP contribution in [-0.2, 0) is 0 Å². The highest BCUT2D eigenvalue weighted by molar-refractivity contribution is 7.10. The van der Waals surface area contributed by atoms with E-state index in [-0.39, 0.29) is 6.04 Å². The molecule has 0 aliphatic heterocycles. The third-order valence-electron chi connectivity index (χ3n) is 2.54. The molecule has 1 atom stereocenters. The summed E-state index contributed by atoms with van der Waals surface area (Å²) in [5.41, 5.74) is 2.13. The zero-order valence-electron chi connectivity index (χ0n) is 10.1. The SMILES string of the molecule is CNC(c1csc(C)c1)c1cc(OC)ncn1. The quantitative estimate of drug-likeness (QED) is 0.902. The first-order chi connectivity index (χ1) is 8.24. The third-order valence-corrected chi connectivity index (χ3v) is 3.42. The molecule has 0 fully saturated rings. The molecule has 0 aliphatic rings. The number of thiophene rings is 1. The van der Waals surface area contributed by atoms with Gasteiger partial charge >= 0.3 is 0 Å². The van der Waals surface area contributed by atoms with E-state index in [0.29, 0.717) is 5.88 Å². The largest absolute Gasteiger partial charge is 0.481 e. The van der Waals surface area contributed by atoms with Crippen molar-refractivity contribution in [1.82, 2.24) is 15.3 Å². The van der Waals surface area contributed by atoms with Gasteiger partial charge in [-0.05, 0) is 31.0 Å². The molecule has 0 radical (unpaired) electrons. The van der Waals surface area contributed by atoms with E-state index in [4.69, 9.17) is 4.74 Å². The van der Waals surface area contributed by atoms with Crippen LogP contribution in [0.4, 0.5) is 0 Å². The van der Waals surface area contributed by atoms with Crippen LogP contribution in [0.2, 0.25) is 0 Å². The topological polar surface area (TPSA) is 47.0 Å². The molecule has 0 saturated heterocycles. The fourth-order valence-corrected chi connectivity index (χ4v) is 2.45. The zero-order chi connectivity index (χ0) is 12.3. The summed E-state index contributed by atoms with van der Waals surface area (Å²) < 4.78 is 5.11. The van der Waals surface area contributed by atoms with Crippen molar-refractivity contribution in [2.75, 3.05) is 14.2 Å². The van der Waals surface area contributed by atoms with Crippen LogP contribution in [0, 0.1) is 6.92 Å². The smallest absolute Gasteiger partial charge is 0.216 e. The Bertz CT molecular complexity index is 498. The van der Waals surface area contributed by atoms with Crippen LogP contribution in [0.1, 0.15) is 22.2 Å². The van der Waals surface area contributed by atoms with Crippen molar-refractivity contribution in [1.29, 1.82) is 0 Å². The van der Waals surface area contributed by atoms with Gasteiger partial charge in [0.25, 0.3) is 0 Å². The summed E-state index contributed by atoms with van der Waals surface area (Å²) in [4.78, 5) is 9.60. The van der Waals surface area contributed by atoms with E-state index in [0.717, 1.165) is 5.69 Å². The molecule has 0 saturated carbocycles. The van der Waals surface area contributed by atoms with Crippen molar-refractivity contribution in [3.05, 3.63) is 40.0 Å². The van der Waals surface area contributed by atoms with Gasteiger partial charge in [-0.2, -0.15) is 0 Å². The van der Waals surface area contributed by atoms with E-state index in [9.17, 15) is 0 Å². The monoisotopic (exact) mass is 249 g/mol. The van der Waals surface area contributed by atoms with E-state index in [1.165, 1.54) is 16.8 Å². The number of methoxy groups -OCH3 is 1. The molecule has 0 spiro atoms. The molecule has 1 N–H and O–H groups in total. The molecule has 0 bridgehead atoms. The van der Waals surface area contributed by atoms with E-state index < -0.39 is 0 Å². The highest BCUT2D eigenvalue weighted by atomic mass is 32.1. The Morgan fingerprint density at radius 1 is 1.35 bits per heavy atom. The zero-order valence-corrected chi connectivity index (χ0v) is 10.9. The van der Waals surface area contributed by atoms with Crippen LogP contribution >= 0.6 is 11.3 Å². The number of hydrogen-bond donors (Lipinski definition) is 1. The minimum absolute atomic E-state index is 0.0804. The fourth-order valence-electron chi connectivity index (χ4n) is 1.72. The molecule has 0 aliphatic carbocycles. The Morgan fingerprint density at radius 3 is 2.76 bits per heavy atom. The van der Waals surface area contributed by atoms with Crippen molar-refractivity contribution in [2.45, 2.75) is 13.0 Å². The summed E-state index contributed by atoms with van der Waals surface area (Å²) in [6, 6.07) is 4.10. The second-order valence-electron chi connectivity index (χ2n) is 3.70. The van der Waals surface area contributed by atoms with Crippen LogP contribution in [0.5, 0.6) is 5.88 Å². The lowest BCUT2D eigenvalue weighted by Gasteiger charge is -2.14. The van der Waals surface area contributed by atoms with E-state index in [1.807, 2.05) is 13.1 Å². The van der Waals surface area contributed by atoms with Crippen LogP contribution in [0.3, 0.4) is 0 Å². The maximum atomic E-state index is 5.11. The first-order valence-electron chi connectivity index (χ1n) is 5.33. The van der Waals surface area contributed by atoms with Gasteiger partial charge in [0.2, 0.25) is 5.88 Å².